The summed E-state index contributed by atoms with van der Waals surface area (Å²) >= 11 is 0. The number of benzene rings is 4. The molecule has 60 heavy (non-hydrogen) atoms. The molecule has 2 aromatic heterocycles. The Morgan fingerprint density at radius 1 is 0.783 bits per heavy atom. The Morgan fingerprint density at radius 3 is 1.93 bits per heavy atom. The third kappa shape index (κ3) is 7.96. The normalized spacial score (nSPS) is 17.5. The number of carbonyl (C=O) groups is 4. The van der Waals surface area contributed by atoms with Gasteiger partial charge in [0.2, 0.25) is 12.3 Å². The highest BCUT2D eigenvalue weighted by molar-refractivity contribution is 5.91. The van der Waals surface area contributed by atoms with Gasteiger partial charge < -0.3 is 35.1 Å². The Balaban J connectivity index is 0.967. The van der Waals surface area contributed by atoms with E-state index in [1.807, 2.05) is 73.3 Å². The maximum absolute atomic E-state index is 15.9. The Hall–Kier alpha value is -6.83. The number of ether oxygens (including phenoxy) is 1. The predicted octanol–water partition coefficient (Wildman–Crippen LogP) is 7.62. The lowest BCUT2D eigenvalue weighted by atomic mass is 9.98. The summed E-state index contributed by atoms with van der Waals surface area (Å²) in [5, 5.41) is 7.28. The first-order valence-electron chi connectivity index (χ1n) is 20.3. The van der Waals surface area contributed by atoms with Crippen LogP contribution in [0, 0.1) is 11.7 Å². The van der Waals surface area contributed by atoms with Gasteiger partial charge in [-0.15, -0.1) is 0 Å². The molecule has 0 aliphatic carbocycles. The quantitative estimate of drug-likeness (QED) is 0.0924. The highest BCUT2D eigenvalue weighted by Crippen LogP contribution is 2.37. The van der Waals surface area contributed by atoms with Crippen molar-refractivity contribution in [2.75, 3.05) is 20.2 Å². The number of nitrogens with one attached hydrogen (secondary N) is 4. The Kier molecular flexibility index (Phi) is 11.4. The summed E-state index contributed by atoms with van der Waals surface area (Å²) in [5.41, 5.74) is 4.83. The second-order valence-electron chi connectivity index (χ2n) is 15.7. The van der Waals surface area contributed by atoms with Crippen LogP contribution in [0.15, 0.2) is 97.3 Å². The topological polar surface area (TPSA) is 165 Å². The number of aromatic nitrogens is 4. The SMILES string of the molecule is COC(=O)N[C@@H](C(=O)N1CCC[C@H]1c1ncc(-c2ccc(-c3ccc4cc(-c5cnc([C@@H]6CCCN6C(=O)[C@@H](NC=O)C(C)C)[nH]5)ccc4c3)c(F)c2)[nH]1)c1ccccc1. The van der Waals surface area contributed by atoms with Crippen molar-refractivity contribution in [3.63, 3.8) is 0 Å². The first-order valence-corrected chi connectivity index (χ1v) is 20.3. The summed E-state index contributed by atoms with van der Waals surface area (Å²) in [6, 6.07) is 24.0. The fourth-order valence-electron chi connectivity index (χ4n) is 8.51. The van der Waals surface area contributed by atoms with Crippen LogP contribution in [0.4, 0.5) is 9.18 Å². The summed E-state index contributed by atoms with van der Waals surface area (Å²) in [4.78, 5) is 70.3. The van der Waals surface area contributed by atoms with E-state index < -0.39 is 18.2 Å². The summed E-state index contributed by atoms with van der Waals surface area (Å²) in [6.07, 6.45) is 6.39. The van der Waals surface area contributed by atoms with Gasteiger partial charge in [0, 0.05) is 29.8 Å². The van der Waals surface area contributed by atoms with Crippen molar-refractivity contribution in [2.45, 2.75) is 63.7 Å². The van der Waals surface area contributed by atoms with E-state index in [9.17, 15) is 19.2 Å². The van der Waals surface area contributed by atoms with Crippen molar-refractivity contribution >= 4 is 35.1 Å². The summed E-state index contributed by atoms with van der Waals surface area (Å²) in [5.74, 6) is 0.495. The van der Waals surface area contributed by atoms with Gasteiger partial charge in [-0.05, 0) is 71.7 Å². The second-order valence-corrected chi connectivity index (χ2v) is 15.7. The molecule has 0 saturated carbocycles. The van der Waals surface area contributed by atoms with Crippen molar-refractivity contribution in [2.24, 2.45) is 5.92 Å². The van der Waals surface area contributed by atoms with Gasteiger partial charge in [0.05, 0.1) is 43.0 Å². The van der Waals surface area contributed by atoms with Gasteiger partial charge in [-0.2, -0.15) is 0 Å². The van der Waals surface area contributed by atoms with Gasteiger partial charge in [0.1, 0.15) is 29.5 Å². The average Bonchev–Trinajstić information content (AvgIpc) is 4.11. The van der Waals surface area contributed by atoms with E-state index in [4.69, 9.17) is 4.74 Å². The molecule has 8 rings (SSSR count). The molecule has 4 aromatic carbocycles. The maximum Gasteiger partial charge on any atom is 0.407 e. The number of aromatic amines is 2. The molecule has 0 bridgehead atoms. The standard InChI is InChI=1S/C46H47FN8O5/c1-27(2)40(50-26-56)44(57)54-19-7-11-38(54)42-48-24-36(51-42)32-16-14-29-21-31(15-13-30(29)22-32)34-18-17-33(23-35(34)47)37-25-49-43(52-37)39-12-8-20-55(39)45(58)41(53-46(59)60-3)28-9-5-4-6-10-28/h4-6,9-10,13-18,21-27,38-41H,7-8,11-12,19-20H2,1-3H3,(H,48,51)(H,49,52)(H,50,56)(H,53,59)/t38-,39-,40-,41+/m0/s1. The van der Waals surface area contributed by atoms with Crippen molar-refractivity contribution in [1.82, 2.24) is 40.4 Å². The smallest absolute Gasteiger partial charge is 0.407 e. The number of likely N-dealkylation sites (tertiary alicyclic amines) is 2. The number of imidazole rings is 2. The minimum absolute atomic E-state index is 0.0454. The van der Waals surface area contributed by atoms with Gasteiger partial charge in [-0.1, -0.05) is 80.6 Å². The molecule has 13 nitrogen and oxygen atoms in total. The first kappa shape index (κ1) is 40.0. The van der Waals surface area contributed by atoms with Gasteiger partial charge in [-0.25, -0.2) is 19.2 Å². The number of H-pyrrole nitrogens is 2. The second kappa shape index (κ2) is 17.2. The minimum atomic E-state index is -0.928. The number of methoxy groups -OCH3 is 1. The van der Waals surface area contributed by atoms with Crippen LogP contribution in [0.3, 0.4) is 0 Å². The fourth-order valence-corrected chi connectivity index (χ4v) is 8.51. The molecule has 6 aromatic rings. The molecule has 4 N–H and O–H groups in total. The molecule has 2 saturated heterocycles. The van der Waals surface area contributed by atoms with Gasteiger partial charge in [0.25, 0.3) is 5.91 Å². The van der Waals surface area contributed by atoms with Gasteiger partial charge in [-0.3, -0.25) is 14.4 Å². The van der Waals surface area contributed by atoms with E-state index in [-0.39, 0.29) is 35.6 Å². The molecule has 0 radical (unpaired) electrons. The number of alkyl carbamates (subject to hydrolysis) is 1. The molecule has 14 heteroatoms. The average molecular weight is 811 g/mol. The van der Waals surface area contributed by atoms with E-state index in [1.165, 1.54) is 13.2 Å². The molecule has 0 spiro atoms. The molecule has 0 unspecified atom stereocenters. The molecule has 308 valence electrons. The van der Waals surface area contributed by atoms with E-state index >= 15 is 4.39 Å². The van der Waals surface area contributed by atoms with Gasteiger partial charge >= 0.3 is 6.09 Å². The summed E-state index contributed by atoms with van der Waals surface area (Å²) in [7, 11) is 1.26. The van der Waals surface area contributed by atoms with Crippen LogP contribution in [0.1, 0.15) is 74.9 Å². The highest BCUT2D eigenvalue weighted by Gasteiger charge is 2.38. The molecule has 2 aliphatic rings. The Bertz CT molecular complexity index is 2540. The molecular formula is C46H47FN8O5. The largest absolute Gasteiger partial charge is 0.453 e. The molecule has 4 atom stereocenters. The lowest BCUT2D eigenvalue weighted by molar-refractivity contribution is -0.137. The lowest BCUT2D eigenvalue weighted by Gasteiger charge is -2.29. The Labute approximate surface area is 346 Å². The number of fused-ring (bicyclic) bond motifs is 1. The van der Waals surface area contributed by atoms with E-state index in [1.54, 1.807) is 35.5 Å². The Morgan fingerprint density at radius 2 is 1.35 bits per heavy atom. The molecule has 2 fully saturated rings. The number of halogens is 1. The number of nitrogens with zero attached hydrogens (tertiary/aromatic N) is 4. The van der Waals surface area contributed by atoms with E-state index in [2.05, 4.69) is 36.6 Å². The number of rotatable bonds is 12. The number of hydrogen-bond donors (Lipinski definition) is 4. The number of carbonyl (C=O) groups excluding carboxylic acids is 4. The van der Waals surface area contributed by atoms with Crippen LogP contribution >= 0.6 is 0 Å². The van der Waals surface area contributed by atoms with E-state index in [0.29, 0.717) is 60.0 Å². The maximum atomic E-state index is 15.9. The fraction of sp³-hybridized carbons (Fsp3) is 0.304. The van der Waals surface area contributed by atoms with Crippen LogP contribution in [0.5, 0.6) is 0 Å². The number of amides is 4. The third-order valence-corrected chi connectivity index (χ3v) is 11.6. The van der Waals surface area contributed by atoms with E-state index in [0.717, 1.165) is 46.9 Å². The van der Waals surface area contributed by atoms with Crippen LogP contribution in [-0.4, -0.2) is 80.3 Å². The van der Waals surface area contributed by atoms with Gasteiger partial charge in [0.15, 0.2) is 0 Å². The molecule has 2 aliphatic heterocycles. The van der Waals surface area contributed by atoms with Crippen LogP contribution in [0.25, 0.3) is 44.4 Å². The van der Waals surface area contributed by atoms with Crippen molar-refractivity contribution in [3.05, 3.63) is 120 Å². The van der Waals surface area contributed by atoms with Crippen molar-refractivity contribution in [3.8, 4) is 33.6 Å². The molecule has 4 amide bonds. The van der Waals surface area contributed by atoms with Crippen LogP contribution < -0.4 is 10.6 Å². The van der Waals surface area contributed by atoms with Crippen LogP contribution in [0.2, 0.25) is 0 Å². The zero-order valence-corrected chi connectivity index (χ0v) is 33.7. The zero-order chi connectivity index (χ0) is 41.9. The highest BCUT2D eigenvalue weighted by atomic mass is 19.1. The minimum Gasteiger partial charge on any atom is -0.453 e. The first-order chi connectivity index (χ1) is 29.1. The summed E-state index contributed by atoms with van der Waals surface area (Å²) < 4.78 is 20.7. The van der Waals surface area contributed by atoms with Crippen LogP contribution in [-0.2, 0) is 19.1 Å². The number of hydrogen-bond acceptors (Lipinski definition) is 7. The molecular weight excluding hydrogens is 764 g/mol. The predicted molar refractivity (Wildman–Crippen MR) is 224 cm³/mol. The van der Waals surface area contributed by atoms with Crippen molar-refractivity contribution in [1.29, 1.82) is 0 Å². The lowest BCUT2D eigenvalue weighted by Crippen LogP contribution is -2.48. The molecule has 4 heterocycles. The zero-order valence-electron chi connectivity index (χ0n) is 33.7. The van der Waals surface area contributed by atoms with Crippen molar-refractivity contribution < 1.29 is 28.3 Å². The summed E-state index contributed by atoms with van der Waals surface area (Å²) in [6.45, 7) is 4.93. The monoisotopic (exact) mass is 810 g/mol. The third-order valence-electron chi connectivity index (χ3n) is 11.6.